The predicted molar refractivity (Wildman–Crippen MR) is 130 cm³/mol. The number of carbonyl (C=O) groups excluding carboxylic acids is 1. The summed E-state index contributed by atoms with van der Waals surface area (Å²) in [4.78, 5) is 34.5. The number of fused-ring (bicyclic) bond motifs is 2. The van der Waals surface area contributed by atoms with E-state index in [0.29, 0.717) is 23.8 Å². The van der Waals surface area contributed by atoms with Gasteiger partial charge in [0.05, 0.1) is 25.0 Å². The molecule has 0 spiro atoms. The van der Waals surface area contributed by atoms with Gasteiger partial charge in [0.1, 0.15) is 28.9 Å². The number of halogens is 1. The maximum absolute atomic E-state index is 14.4. The zero-order chi connectivity index (χ0) is 26.5. The molecule has 5 rings (SSSR count). The van der Waals surface area contributed by atoms with Crippen molar-refractivity contribution in [3.63, 3.8) is 0 Å². The van der Waals surface area contributed by atoms with Gasteiger partial charge in [0.25, 0.3) is 0 Å². The van der Waals surface area contributed by atoms with E-state index in [2.05, 4.69) is 20.4 Å². The summed E-state index contributed by atoms with van der Waals surface area (Å²) in [6, 6.07) is 2.94. The van der Waals surface area contributed by atoms with Crippen LogP contribution in [0.4, 0.5) is 15.0 Å². The van der Waals surface area contributed by atoms with Crippen LogP contribution in [0.3, 0.4) is 0 Å². The third-order valence-corrected chi connectivity index (χ3v) is 6.44. The number of carboxylic acid groups (broad SMARTS) is 1. The molecule has 0 aromatic carbocycles. The number of anilines is 1. The summed E-state index contributed by atoms with van der Waals surface area (Å²) >= 11 is 0. The molecule has 3 aromatic heterocycles. The van der Waals surface area contributed by atoms with E-state index in [0.717, 1.165) is 12.6 Å². The van der Waals surface area contributed by atoms with Gasteiger partial charge in [-0.25, -0.2) is 28.5 Å². The first kappa shape index (κ1) is 24.7. The molecule has 2 aliphatic rings. The normalized spacial score (nSPS) is 21.4. The molecule has 37 heavy (non-hydrogen) atoms. The Bertz CT molecular complexity index is 1360. The van der Waals surface area contributed by atoms with Crippen LogP contribution in [0.15, 0.2) is 30.7 Å². The summed E-state index contributed by atoms with van der Waals surface area (Å²) in [6.07, 6.45) is 4.00. The molecule has 1 amide bonds. The fourth-order valence-corrected chi connectivity index (χ4v) is 4.80. The number of pyridine rings is 1. The third-order valence-electron chi connectivity index (χ3n) is 6.44. The lowest BCUT2D eigenvalue weighted by molar-refractivity contribution is 0.0503. The van der Waals surface area contributed by atoms with E-state index in [1.54, 1.807) is 40.0 Å². The second-order valence-electron chi connectivity index (χ2n) is 10.5. The van der Waals surface area contributed by atoms with Crippen LogP contribution in [0.25, 0.3) is 5.65 Å². The number of hydrogen-bond acceptors (Lipinski definition) is 8. The summed E-state index contributed by atoms with van der Waals surface area (Å²) in [5.41, 5.74) is 0.208. The molecule has 4 atom stereocenters. The SMILES string of the molecule is C[C@@H](CNC(=O)OC(C)(C)C)Oc1ncc(F)cc1C1C2CC2CN1c1ccn2ncc(C(=O)O)c2n1. The maximum Gasteiger partial charge on any atom is 0.407 e. The Morgan fingerprint density at radius 1 is 1.32 bits per heavy atom. The van der Waals surface area contributed by atoms with E-state index in [1.165, 1.54) is 16.8 Å². The molecule has 1 saturated heterocycles. The van der Waals surface area contributed by atoms with Gasteiger partial charge in [-0.2, -0.15) is 5.10 Å². The van der Waals surface area contributed by atoms with Gasteiger partial charge < -0.3 is 24.8 Å². The van der Waals surface area contributed by atoms with E-state index in [-0.39, 0.29) is 35.6 Å². The van der Waals surface area contributed by atoms with E-state index >= 15 is 0 Å². The molecule has 11 nitrogen and oxygen atoms in total. The second-order valence-corrected chi connectivity index (χ2v) is 10.5. The number of amides is 1. The molecule has 2 N–H and O–H groups in total. The zero-order valence-electron chi connectivity index (χ0n) is 21.0. The number of hydrogen-bond donors (Lipinski definition) is 2. The molecule has 3 aromatic rings. The minimum Gasteiger partial charge on any atom is -0.477 e. The van der Waals surface area contributed by atoms with Crippen molar-refractivity contribution in [2.45, 2.75) is 51.9 Å². The van der Waals surface area contributed by atoms with E-state index in [4.69, 9.17) is 9.47 Å². The van der Waals surface area contributed by atoms with Crippen LogP contribution in [0.5, 0.6) is 5.88 Å². The van der Waals surface area contributed by atoms with Gasteiger partial charge in [-0.3, -0.25) is 0 Å². The lowest BCUT2D eigenvalue weighted by atomic mass is 10.0. The minimum atomic E-state index is -1.11. The van der Waals surface area contributed by atoms with Gasteiger partial charge in [0.15, 0.2) is 5.65 Å². The van der Waals surface area contributed by atoms with Crippen LogP contribution < -0.4 is 15.0 Å². The van der Waals surface area contributed by atoms with E-state index in [1.807, 2.05) is 4.90 Å². The monoisotopic (exact) mass is 512 g/mol. The number of nitrogens with one attached hydrogen (secondary N) is 1. The minimum absolute atomic E-state index is 0.00510. The van der Waals surface area contributed by atoms with Crippen molar-refractivity contribution >= 4 is 23.5 Å². The quantitative estimate of drug-likeness (QED) is 0.489. The molecule has 2 fully saturated rings. The van der Waals surface area contributed by atoms with Crippen molar-refractivity contribution in [3.05, 3.63) is 47.7 Å². The molecule has 196 valence electrons. The summed E-state index contributed by atoms with van der Waals surface area (Å²) in [6.45, 7) is 7.98. The van der Waals surface area contributed by atoms with Crippen molar-refractivity contribution in [3.8, 4) is 5.88 Å². The first-order valence-corrected chi connectivity index (χ1v) is 12.1. The first-order chi connectivity index (χ1) is 17.5. The van der Waals surface area contributed by atoms with Gasteiger partial charge >= 0.3 is 12.1 Å². The summed E-state index contributed by atoms with van der Waals surface area (Å²) < 4.78 is 27.2. The van der Waals surface area contributed by atoms with Crippen molar-refractivity contribution in [2.75, 3.05) is 18.0 Å². The van der Waals surface area contributed by atoms with Crippen LogP contribution in [-0.4, -0.2) is 61.5 Å². The summed E-state index contributed by atoms with van der Waals surface area (Å²) in [7, 11) is 0. The summed E-state index contributed by atoms with van der Waals surface area (Å²) in [5.74, 6) is -0.0725. The third kappa shape index (κ3) is 5.13. The highest BCUT2D eigenvalue weighted by Gasteiger charge is 2.54. The highest BCUT2D eigenvalue weighted by Crippen LogP contribution is 2.58. The molecule has 0 bridgehead atoms. The Morgan fingerprint density at radius 2 is 2.11 bits per heavy atom. The molecule has 1 aliphatic carbocycles. The number of piperidine rings is 1. The molecular formula is C25H29FN6O5. The number of rotatable bonds is 7. The topological polar surface area (TPSA) is 131 Å². The van der Waals surface area contributed by atoms with Crippen LogP contribution in [0.2, 0.25) is 0 Å². The van der Waals surface area contributed by atoms with Crippen molar-refractivity contribution in [1.82, 2.24) is 24.9 Å². The van der Waals surface area contributed by atoms with Gasteiger partial charge in [-0.15, -0.1) is 0 Å². The predicted octanol–water partition coefficient (Wildman–Crippen LogP) is 3.45. The molecule has 12 heteroatoms. The summed E-state index contributed by atoms with van der Waals surface area (Å²) in [5, 5.41) is 16.2. The van der Waals surface area contributed by atoms with Gasteiger partial charge in [-0.1, -0.05) is 0 Å². The van der Waals surface area contributed by atoms with E-state index in [9.17, 15) is 19.1 Å². The number of nitrogens with zero attached hydrogens (tertiary/aromatic N) is 5. The average molecular weight is 513 g/mol. The number of alkyl carbamates (subject to hydrolysis) is 1. The van der Waals surface area contributed by atoms with Crippen LogP contribution >= 0.6 is 0 Å². The molecular weight excluding hydrogens is 483 g/mol. The molecule has 3 unspecified atom stereocenters. The van der Waals surface area contributed by atoms with Crippen molar-refractivity contribution in [1.29, 1.82) is 0 Å². The fraction of sp³-hybridized carbons (Fsp3) is 0.480. The Balaban J connectivity index is 1.39. The standard InChI is InChI=1S/C25H29FN6O5/c1-13(9-28-24(35)37-25(2,3)4)36-22-17(8-15(26)10-27-22)20-16-7-14(16)12-31(20)19-5-6-32-21(30-19)18(11-29-32)23(33)34/h5-6,8,10-11,13-14,16,20H,7,9,12H2,1-4H3,(H,28,35)(H,33,34)/t13-,14?,16?,20?/m0/s1. The molecule has 4 heterocycles. The number of aromatic carboxylic acids is 1. The van der Waals surface area contributed by atoms with Crippen molar-refractivity contribution < 1.29 is 28.6 Å². The zero-order valence-corrected chi connectivity index (χ0v) is 21.0. The first-order valence-electron chi connectivity index (χ1n) is 12.1. The van der Waals surface area contributed by atoms with Crippen LogP contribution in [0.1, 0.15) is 56.1 Å². The molecule has 1 aliphatic heterocycles. The average Bonchev–Trinajstić information content (AvgIpc) is 3.28. The highest BCUT2D eigenvalue weighted by atomic mass is 19.1. The van der Waals surface area contributed by atoms with Crippen LogP contribution in [0, 0.1) is 17.7 Å². The van der Waals surface area contributed by atoms with Gasteiger partial charge in [0.2, 0.25) is 5.88 Å². The smallest absolute Gasteiger partial charge is 0.407 e. The Labute approximate surface area is 212 Å². The Hall–Kier alpha value is -3.96. The second kappa shape index (κ2) is 9.16. The highest BCUT2D eigenvalue weighted by molar-refractivity contribution is 5.94. The largest absolute Gasteiger partial charge is 0.477 e. The lowest BCUT2D eigenvalue weighted by Crippen LogP contribution is -2.38. The van der Waals surface area contributed by atoms with Crippen LogP contribution in [-0.2, 0) is 4.74 Å². The maximum atomic E-state index is 14.4. The Morgan fingerprint density at radius 3 is 2.84 bits per heavy atom. The van der Waals surface area contributed by atoms with Crippen molar-refractivity contribution in [2.24, 2.45) is 11.8 Å². The van der Waals surface area contributed by atoms with Gasteiger partial charge in [0, 0.05) is 18.3 Å². The number of aromatic nitrogens is 4. The van der Waals surface area contributed by atoms with Gasteiger partial charge in [-0.05, 0) is 58.1 Å². The number of ether oxygens (including phenoxy) is 2. The Kier molecular flexibility index (Phi) is 6.12. The fourth-order valence-electron chi connectivity index (χ4n) is 4.80. The lowest BCUT2D eigenvalue weighted by Gasteiger charge is -2.30. The number of carboxylic acids is 1. The molecule has 0 radical (unpaired) electrons. The number of carbonyl (C=O) groups is 2. The van der Waals surface area contributed by atoms with E-state index < -0.39 is 29.6 Å². The molecule has 1 saturated carbocycles.